The van der Waals surface area contributed by atoms with E-state index in [1.165, 1.54) is 4.90 Å². The van der Waals surface area contributed by atoms with Crippen LogP contribution in [0.4, 0.5) is 5.82 Å². The van der Waals surface area contributed by atoms with Gasteiger partial charge in [0.05, 0.1) is 12.1 Å². The summed E-state index contributed by atoms with van der Waals surface area (Å²) in [6.45, 7) is 6.24. The summed E-state index contributed by atoms with van der Waals surface area (Å²) in [6.07, 6.45) is 0. The molecule has 0 aliphatic heterocycles. The number of carbonyl (C=O) groups excluding carboxylic acids is 1. The van der Waals surface area contributed by atoms with Gasteiger partial charge in [0.15, 0.2) is 0 Å². The van der Waals surface area contributed by atoms with Gasteiger partial charge in [0.1, 0.15) is 11.5 Å². The van der Waals surface area contributed by atoms with Crippen LogP contribution in [-0.4, -0.2) is 46.6 Å². The molecule has 5 heteroatoms. The molecule has 18 heavy (non-hydrogen) atoms. The maximum absolute atomic E-state index is 12.2. The van der Waals surface area contributed by atoms with Crippen molar-refractivity contribution in [1.82, 2.24) is 9.88 Å². The summed E-state index contributed by atoms with van der Waals surface area (Å²) in [7, 11) is 1.67. The lowest BCUT2D eigenvalue weighted by molar-refractivity contribution is 0.0468. The summed E-state index contributed by atoms with van der Waals surface area (Å²) in [5, 5.41) is 12.3. The minimum atomic E-state index is -0.604. The van der Waals surface area contributed by atoms with Gasteiger partial charge in [0.25, 0.3) is 5.91 Å². The van der Waals surface area contributed by atoms with Crippen molar-refractivity contribution in [2.24, 2.45) is 0 Å². The van der Waals surface area contributed by atoms with Crippen molar-refractivity contribution >= 4 is 11.7 Å². The molecule has 5 nitrogen and oxygen atoms in total. The Bertz CT molecular complexity index is 418. The first-order valence-electron chi connectivity index (χ1n) is 6.02. The number of aliphatic hydroxyl groups is 1. The van der Waals surface area contributed by atoms with Crippen LogP contribution < -0.4 is 5.32 Å². The minimum Gasteiger partial charge on any atom is -0.394 e. The smallest absolute Gasteiger partial charge is 0.272 e. The van der Waals surface area contributed by atoms with Gasteiger partial charge in [0, 0.05) is 13.6 Å². The van der Waals surface area contributed by atoms with Crippen LogP contribution in [0.3, 0.4) is 0 Å². The number of likely N-dealkylation sites (N-methyl/N-ethyl adjacent to an activating group) is 1. The molecule has 1 rings (SSSR count). The molecule has 0 atom stereocenters. The van der Waals surface area contributed by atoms with Crippen molar-refractivity contribution in [3.8, 4) is 0 Å². The molecule has 1 amide bonds. The molecule has 1 aromatic heterocycles. The van der Waals surface area contributed by atoms with Gasteiger partial charge in [-0.3, -0.25) is 4.79 Å². The van der Waals surface area contributed by atoms with Gasteiger partial charge in [0.2, 0.25) is 0 Å². The second-order valence-corrected chi connectivity index (χ2v) is 4.77. The molecule has 0 spiro atoms. The number of pyridine rings is 1. The summed E-state index contributed by atoms with van der Waals surface area (Å²) in [6, 6.07) is 5.28. The van der Waals surface area contributed by atoms with Crippen molar-refractivity contribution in [2.75, 3.05) is 25.5 Å². The lowest BCUT2D eigenvalue weighted by Crippen LogP contribution is -2.47. The summed E-state index contributed by atoms with van der Waals surface area (Å²) in [5.74, 6) is 0.479. The van der Waals surface area contributed by atoms with Crippen LogP contribution >= 0.6 is 0 Å². The predicted molar refractivity (Wildman–Crippen MR) is 71.7 cm³/mol. The third-order valence-corrected chi connectivity index (χ3v) is 2.93. The molecule has 0 unspecified atom stereocenters. The average Bonchev–Trinajstić information content (AvgIpc) is 2.37. The Morgan fingerprint density at radius 1 is 1.50 bits per heavy atom. The highest BCUT2D eigenvalue weighted by Crippen LogP contribution is 2.15. The van der Waals surface area contributed by atoms with Gasteiger partial charge in [-0.1, -0.05) is 6.07 Å². The lowest BCUT2D eigenvalue weighted by Gasteiger charge is -2.33. The normalized spacial score (nSPS) is 11.2. The molecule has 0 fully saturated rings. The molecule has 100 valence electrons. The van der Waals surface area contributed by atoms with Gasteiger partial charge >= 0.3 is 0 Å². The van der Waals surface area contributed by atoms with Crippen LogP contribution in [-0.2, 0) is 0 Å². The zero-order valence-electron chi connectivity index (χ0n) is 11.4. The first-order chi connectivity index (χ1) is 8.42. The van der Waals surface area contributed by atoms with Crippen molar-refractivity contribution in [1.29, 1.82) is 0 Å². The van der Waals surface area contributed by atoms with Crippen molar-refractivity contribution < 1.29 is 9.90 Å². The van der Waals surface area contributed by atoms with Gasteiger partial charge in [-0.15, -0.1) is 0 Å². The van der Waals surface area contributed by atoms with Crippen molar-refractivity contribution in [2.45, 2.75) is 26.3 Å². The van der Waals surface area contributed by atoms with E-state index in [2.05, 4.69) is 10.3 Å². The number of aliphatic hydroxyl groups excluding tert-OH is 1. The lowest BCUT2D eigenvalue weighted by atomic mass is 10.0. The standard InChI is InChI=1S/C13H21N3O2/c1-5-14-11-8-6-7-10(15-11)12(18)16(4)13(2,3)9-17/h6-8,17H,5,9H2,1-4H3,(H,14,15). The Hall–Kier alpha value is -1.62. The molecule has 2 N–H and O–H groups in total. The molecule has 0 bridgehead atoms. The number of aromatic nitrogens is 1. The molecule has 0 aliphatic rings. The Morgan fingerprint density at radius 2 is 2.17 bits per heavy atom. The number of nitrogens with one attached hydrogen (secondary N) is 1. The summed E-state index contributed by atoms with van der Waals surface area (Å²) < 4.78 is 0. The van der Waals surface area contributed by atoms with Gasteiger partial charge in [-0.2, -0.15) is 0 Å². The van der Waals surface area contributed by atoms with Gasteiger partial charge in [-0.05, 0) is 32.9 Å². The largest absolute Gasteiger partial charge is 0.394 e. The fraction of sp³-hybridized carbons (Fsp3) is 0.538. The van der Waals surface area contributed by atoms with E-state index in [-0.39, 0.29) is 12.5 Å². The minimum absolute atomic E-state index is 0.0951. The third-order valence-electron chi connectivity index (χ3n) is 2.93. The second kappa shape index (κ2) is 5.82. The van der Waals surface area contributed by atoms with E-state index in [0.29, 0.717) is 11.5 Å². The highest BCUT2D eigenvalue weighted by molar-refractivity contribution is 5.93. The first kappa shape index (κ1) is 14.4. The van der Waals surface area contributed by atoms with Crippen LogP contribution in [0.25, 0.3) is 0 Å². The molecule has 0 radical (unpaired) electrons. The van der Waals surface area contributed by atoms with Crippen LogP contribution in [0.5, 0.6) is 0 Å². The zero-order chi connectivity index (χ0) is 13.8. The van der Waals surface area contributed by atoms with Gasteiger partial charge < -0.3 is 15.3 Å². The van der Waals surface area contributed by atoms with Crippen LogP contribution in [0.1, 0.15) is 31.3 Å². The molecule has 0 aromatic carbocycles. The molecular formula is C13H21N3O2. The molecular weight excluding hydrogens is 230 g/mol. The summed E-state index contributed by atoms with van der Waals surface area (Å²) >= 11 is 0. The fourth-order valence-corrected chi connectivity index (χ4v) is 1.39. The molecule has 0 aliphatic carbocycles. The summed E-state index contributed by atoms with van der Waals surface area (Å²) in [4.78, 5) is 18.0. The topological polar surface area (TPSA) is 65.5 Å². The number of carbonyl (C=O) groups is 1. The quantitative estimate of drug-likeness (QED) is 0.829. The highest BCUT2D eigenvalue weighted by Gasteiger charge is 2.28. The Kier molecular flexibility index (Phi) is 4.67. The maximum atomic E-state index is 12.2. The van der Waals surface area contributed by atoms with E-state index in [9.17, 15) is 9.90 Å². The number of hydrogen-bond donors (Lipinski definition) is 2. The number of nitrogens with zero attached hydrogens (tertiary/aromatic N) is 2. The Balaban J connectivity index is 2.93. The summed E-state index contributed by atoms with van der Waals surface area (Å²) in [5.41, 5.74) is -0.232. The van der Waals surface area contributed by atoms with E-state index in [1.54, 1.807) is 33.0 Å². The number of anilines is 1. The predicted octanol–water partition coefficient (Wildman–Crippen LogP) is 1.36. The van der Waals surface area contributed by atoms with Crippen molar-refractivity contribution in [3.63, 3.8) is 0 Å². The van der Waals surface area contributed by atoms with Gasteiger partial charge in [-0.25, -0.2) is 4.98 Å². The zero-order valence-corrected chi connectivity index (χ0v) is 11.4. The first-order valence-corrected chi connectivity index (χ1v) is 6.02. The van der Waals surface area contributed by atoms with Crippen LogP contribution in [0.2, 0.25) is 0 Å². The fourth-order valence-electron chi connectivity index (χ4n) is 1.39. The molecule has 1 aromatic rings. The van der Waals surface area contributed by atoms with E-state index in [1.807, 2.05) is 13.0 Å². The molecule has 0 saturated heterocycles. The van der Waals surface area contributed by atoms with E-state index in [0.717, 1.165) is 6.54 Å². The SMILES string of the molecule is CCNc1cccc(C(=O)N(C)C(C)(C)CO)n1. The molecule has 1 heterocycles. The highest BCUT2D eigenvalue weighted by atomic mass is 16.3. The Morgan fingerprint density at radius 3 is 2.72 bits per heavy atom. The average molecular weight is 251 g/mol. The van der Waals surface area contributed by atoms with E-state index in [4.69, 9.17) is 0 Å². The number of rotatable bonds is 5. The maximum Gasteiger partial charge on any atom is 0.272 e. The second-order valence-electron chi connectivity index (χ2n) is 4.77. The van der Waals surface area contributed by atoms with Crippen molar-refractivity contribution in [3.05, 3.63) is 23.9 Å². The van der Waals surface area contributed by atoms with E-state index < -0.39 is 5.54 Å². The number of amides is 1. The third kappa shape index (κ3) is 3.20. The monoisotopic (exact) mass is 251 g/mol. The van der Waals surface area contributed by atoms with Crippen LogP contribution in [0.15, 0.2) is 18.2 Å². The van der Waals surface area contributed by atoms with Crippen LogP contribution in [0, 0.1) is 0 Å². The van der Waals surface area contributed by atoms with E-state index >= 15 is 0 Å². The number of hydrogen-bond acceptors (Lipinski definition) is 4. The molecule has 0 saturated carbocycles. The Labute approximate surface area is 108 Å².